The maximum absolute atomic E-state index is 11.8. The van der Waals surface area contributed by atoms with Crippen molar-refractivity contribution in [1.29, 1.82) is 0 Å². The molecule has 2 N–H and O–H groups in total. The standard InChI is InChI=1S/C13H22N4O/c1-4-8-17(10-13(18)16(2)3)12-6-5-7-15-11(12)9-14/h5-7H,4,8-10,14H2,1-3H3. The summed E-state index contributed by atoms with van der Waals surface area (Å²) in [6.07, 6.45) is 2.70. The van der Waals surface area contributed by atoms with E-state index < -0.39 is 0 Å². The first-order valence-electron chi connectivity index (χ1n) is 6.19. The van der Waals surface area contributed by atoms with Crippen LogP contribution in [-0.2, 0) is 11.3 Å². The predicted molar refractivity (Wildman–Crippen MR) is 73.3 cm³/mol. The van der Waals surface area contributed by atoms with Gasteiger partial charge in [-0.15, -0.1) is 0 Å². The second kappa shape index (κ2) is 6.96. The zero-order valence-electron chi connectivity index (χ0n) is 11.4. The molecule has 0 bridgehead atoms. The zero-order valence-corrected chi connectivity index (χ0v) is 11.4. The van der Waals surface area contributed by atoms with Crippen LogP contribution in [0.25, 0.3) is 0 Å². The first-order chi connectivity index (χ1) is 8.60. The van der Waals surface area contributed by atoms with Gasteiger partial charge in [0, 0.05) is 33.4 Å². The molecule has 0 saturated carbocycles. The highest BCUT2D eigenvalue weighted by Crippen LogP contribution is 2.18. The minimum Gasteiger partial charge on any atom is -0.361 e. The minimum atomic E-state index is 0.0790. The largest absolute Gasteiger partial charge is 0.361 e. The van der Waals surface area contributed by atoms with Crippen molar-refractivity contribution in [2.75, 3.05) is 32.1 Å². The van der Waals surface area contributed by atoms with E-state index in [1.165, 1.54) is 0 Å². The summed E-state index contributed by atoms with van der Waals surface area (Å²) < 4.78 is 0. The highest BCUT2D eigenvalue weighted by molar-refractivity contribution is 5.81. The summed E-state index contributed by atoms with van der Waals surface area (Å²) in [7, 11) is 3.53. The lowest BCUT2D eigenvalue weighted by molar-refractivity contribution is -0.127. The van der Waals surface area contributed by atoms with Gasteiger partial charge in [-0.3, -0.25) is 9.78 Å². The van der Waals surface area contributed by atoms with Gasteiger partial charge in [-0.25, -0.2) is 0 Å². The molecule has 5 nitrogen and oxygen atoms in total. The average Bonchev–Trinajstić information content (AvgIpc) is 2.38. The Morgan fingerprint density at radius 3 is 2.72 bits per heavy atom. The summed E-state index contributed by atoms with van der Waals surface area (Å²) in [6, 6.07) is 3.84. The van der Waals surface area contributed by atoms with Crippen LogP contribution in [0.15, 0.2) is 18.3 Å². The molecule has 1 amide bonds. The van der Waals surface area contributed by atoms with Gasteiger partial charge in [-0.05, 0) is 18.6 Å². The van der Waals surface area contributed by atoms with E-state index in [0.29, 0.717) is 13.1 Å². The van der Waals surface area contributed by atoms with Crippen LogP contribution in [0.5, 0.6) is 0 Å². The van der Waals surface area contributed by atoms with E-state index in [9.17, 15) is 4.79 Å². The van der Waals surface area contributed by atoms with Gasteiger partial charge in [0.15, 0.2) is 0 Å². The Kier molecular flexibility index (Phi) is 5.58. The number of carbonyl (C=O) groups is 1. The monoisotopic (exact) mass is 250 g/mol. The Morgan fingerprint density at radius 1 is 1.44 bits per heavy atom. The lowest BCUT2D eigenvalue weighted by atomic mass is 10.2. The fourth-order valence-electron chi connectivity index (χ4n) is 1.73. The molecule has 0 aliphatic carbocycles. The molecule has 0 fully saturated rings. The summed E-state index contributed by atoms with van der Waals surface area (Å²) in [4.78, 5) is 19.7. The topological polar surface area (TPSA) is 62.5 Å². The summed E-state index contributed by atoms with van der Waals surface area (Å²) in [5, 5.41) is 0. The maximum atomic E-state index is 11.8. The van der Waals surface area contributed by atoms with Crippen LogP contribution < -0.4 is 10.6 Å². The number of pyridine rings is 1. The Hall–Kier alpha value is -1.62. The van der Waals surface area contributed by atoms with E-state index in [-0.39, 0.29) is 5.91 Å². The molecule has 18 heavy (non-hydrogen) atoms. The molecule has 0 radical (unpaired) electrons. The van der Waals surface area contributed by atoms with Crippen LogP contribution >= 0.6 is 0 Å². The number of rotatable bonds is 6. The van der Waals surface area contributed by atoms with E-state index in [2.05, 4.69) is 11.9 Å². The number of aromatic nitrogens is 1. The number of amides is 1. The second-order valence-electron chi connectivity index (χ2n) is 4.38. The van der Waals surface area contributed by atoms with E-state index in [1.54, 1.807) is 25.2 Å². The number of carbonyl (C=O) groups excluding carboxylic acids is 1. The lowest BCUT2D eigenvalue weighted by Crippen LogP contribution is -2.37. The van der Waals surface area contributed by atoms with Crippen molar-refractivity contribution in [3.8, 4) is 0 Å². The molecular formula is C13H22N4O. The molecule has 0 spiro atoms. The van der Waals surface area contributed by atoms with Crippen LogP contribution in [-0.4, -0.2) is 43.0 Å². The van der Waals surface area contributed by atoms with Crippen LogP contribution in [0.3, 0.4) is 0 Å². The molecule has 100 valence electrons. The van der Waals surface area contributed by atoms with Gasteiger partial charge in [0.05, 0.1) is 17.9 Å². The molecule has 0 aliphatic rings. The minimum absolute atomic E-state index is 0.0790. The first-order valence-corrected chi connectivity index (χ1v) is 6.19. The van der Waals surface area contributed by atoms with Gasteiger partial charge in [0.1, 0.15) is 0 Å². The zero-order chi connectivity index (χ0) is 13.5. The van der Waals surface area contributed by atoms with E-state index >= 15 is 0 Å². The quantitative estimate of drug-likeness (QED) is 0.813. The van der Waals surface area contributed by atoms with Crippen molar-refractivity contribution >= 4 is 11.6 Å². The third-order valence-electron chi connectivity index (χ3n) is 2.72. The van der Waals surface area contributed by atoms with Crippen molar-refractivity contribution in [2.24, 2.45) is 5.73 Å². The highest BCUT2D eigenvalue weighted by atomic mass is 16.2. The molecular weight excluding hydrogens is 228 g/mol. The fourth-order valence-corrected chi connectivity index (χ4v) is 1.73. The van der Waals surface area contributed by atoms with Gasteiger partial charge in [-0.1, -0.05) is 6.92 Å². The van der Waals surface area contributed by atoms with Crippen LogP contribution in [0.2, 0.25) is 0 Å². The van der Waals surface area contributed by atoms with Crippen molar-refractivity contribution in [3.63, 3.8) is 0 Å². The number of nitrogens with two attached hydrogens (primary N) is 1. The van der Waals surface area contributed by atoms with Crippen LogP contribution in [0.1, 0.15) is 19.0 Å². The first kappa shape index (κ1) is 14.4. The lowest BCUT2D eigenvalue weighted by Gasteiger charge is -2.26. The molecule has 5 heteroatoms. The van der Waals surface area contributed by atoms with Crippen molar-refractivity contribution in [3.05, 3.63) is 24.0 Å². The Balaban J connectivity index is 2.93. The number of nitrogens with zero attached hydrogens (tertiary/aromatic N) is 3. The smallest absolute Gasteiger partial charge is 0.241 e. The fraction of sp³-hybridized carbons (Fsp3) is 0.538. The Bertz CT molecular complexity index is 392. The van der Waals surface area contributed by atoms with Crippen molar-refractivity contribution in [2.45, 2.75) is 19.9 Å². The third-order valence-corrected chi connectivity index (χ3v) is 2.72. The van der Waals surface area contributed by atoms with Gasteiger partial charge in [0.25, 0.3) is 0 Å². The van der Waals surface area contributed by atoms with Gasteiger partial charge >= 0.3 is 0 Å². The SMILES string of the molecule is CCCN(CC(=O)N(C)C)c1cccnc1CN. The average molecular weight is 250 g/mol. The second-order valence-corrected chi connectivity index (χ2v) is 4.38. The van der Waals surface area contributed by atoms with Gasteiger partial charge in [-0.2, -0.15) is 0 Å². The third kappa shape index (κ3) is 3.70. The summed E-state index contributed by atoms with van der Waals surface area (Å²) >= 11 is 0. The van der Waals surface area contributed by atoms with E-state index in [1.807, 2.05) is 17.0 Å². The summed E-state index contributed by atoms with van der Waals surface area (Å²) in [5.74, 6) is 0.0790. The van der Waals surface area contributed by atoms with Crippen LogP contribution in [0, 0.1) is 0 Å². The van der Waals surface area contributed by atoms with Crippen molar-refractivity contribution in [1.82, 2.24) is 9.88 Å². The molecule has 0 unspecified atom stereocenters. The van der Waals surface area contributed by atoms with Gasteiger partial charge < -0.3 is 15.5 Å². The summed E-state index contributed by atoms with van der Waals surface area (Å²) in [6.45, 7) is 3.65. The normalized spacial score (nSPS) is 10.2. The molecule has 0 aliphatic heterocycles. The highest BCUT2D eigenvalue weighted by Gasteiger charge is 2.15. The van der Waals surface area contributed by atoms with E-state index in [0.717, 1.165) is 24.3 Å². The van der Waals surface area contributed by atoms with Crippen molar-refractivity contribution < 1.29 is 4.79 Å². The predicted octanol–water partition coefficient (Wildman–Crippen LogP) is 0.845. The molecule has 1 aromatic rings. The molecule has 1 rings (SSSR count). The Labute approximate surface area is 109 Å². The molecule has 1 heterocycles. The number of hydrogen-bond donors (Lipinski definition) is 1. The Morgan fingerprint density at radius 2 is 2.17 bits per heavy atom. The van der Waals surface area contributed by atoms with Crippen LogP contribution in [0.4, 0.5) is 5.69 Å². The molecule has 0 aromatic carbocycles. The number of likely N-dealkylation sites (N-methyl/N-ethyl adjacent to an activating group) is 1. The number of anilines is 1. The molecule has 1 aromatic heterocycles. The molecule has 0 atom stereocenters. The molecule has 0 saturated heterocycles. The van der Waals surface area contributed by atoms with Gasteiger partial charge in [0.2, 0.25) is 5.91 Å². The maximum Gasteiger partial charge on any atom is 0.241 e. The number of hydrogen-bond acceptors (Lipinski definition) is 4. The summed E-state index contributed by atoms with van der Waals surface area (Å²) in [5.41, 5.74) is 7.48. The van der Waals surface area contributed by atoms with E-state index in [4.69, 9.17) is 5.73 Å².